The van der Waals surface area contributed by atoms with E-state index in [2.05, 4.69) is 16.2 Å². The molecule has 5 rings (SSSR count). The molecule has 3 aliphatic rings. The predicted molar refractivity (Wildman–Crippen MR) is 109 cm³/mol. The number of amides is 5. The van der Waals surface area contributed by atoms with Crippen LogP contribution in [-0.2, 0) is 26.3 Å². The molecule has 2 heterocycles. The summed E-state index contributed by atoms with van der Waals surface area (Å²) in [6.07, 6.45) is 0.136. The lowest BCUT2D eigenvalue weighted by molar-refractivity contribution is -0.137. The van der Waals surface area contributed by atoms with E-state index in [9.17, 15) is 19.2 Å². The minimum atomic E-state index is -1.14. The van der Waals surface area contributed by atoms with Crippen LogP contribution < -0.4 is 25.6 Å². The Morgan fingerprint density at radius 2 is 1.81 bits per heavy atom. The Bertz CT molecular complexity index is 1130. The van der Waals surface area contributed by atoms with E-state index >= 15 is 0 Å². The van der Waals surface area contributed by atoms with E-state index in [1.54, 1.807) is 24.3 Å². The molecule has 2 atom stereocenters. The van der Waals surface area contributed by atoms with E-state index in [1.807, 2.05) is 24.3 Å². The first-order valence-corrected chi connectivity index (χ1v) is 10.2. The first-order chi connectivity index (χ1) is 15.5. The molecule has 3 N–H and O–H groups in total. The number of fused-ring (bicyclic) bond motifs is 3. The molecule has 32 heavy (non-hydrogen) atoms. The number of ether oxygens (including phenoxy) is 2. The van der Waals surface area contributed by atoms with Gasteiger partial charge >= 0.3 is 6.03 Å². The van der Waals surface area contributed by atoms with Gasteiger partial charge in [-0.15, -0.1) is 0 Å². The van der Waals surface area contributed by atoms with E-state index in [1.165, 1.54) is 0 Å². The van der Waals surface area contributed by atoms with Gasteiger partial charge in [-0.25, -0.2) is 4.79 Å². The van der Waals surface area contributed by atoms with Crippen molar-refractivity contribution in [3.8, 4) is 11.5 Å². The number of urea groups is 1. The molecular weight excluding hydrogens is 416 g/mol. The van der Waals surface area contributed by atoms with Gasteiger partial charge in [0.15, 0.2) is 11.5 Å². The molecule has 2 aromatic rings. The van der Waals surface area contributed by atoms with Crippen LogP contribution in [-0.4, -0.2) is 47.9 Å². The second kappa shape index (κ2) is 7.56. The van der Waals surface area contributed by atoms with Crippen molar-refractivity contribution in [2.24, 2.45) is 0 Å². The lowest BCUT2D eigenvalue weighted by atomic mass is 9.92. The van der Waals surface area contributed by atoms with Gasteiger partial charge < -0.3 is 14.8 Å². The van der Waals surface area contributed by atoms with Crippen molar-refractivity contribution in [3.05, 3.63) is 59.7 Å². The van der Waals surface area contributed by atoms with Gasteiger partial charge in [-0.2, -0.15) is 0 Å². The maximum absolute atomic E-state index is 13.1. The molecule has 1 spiro atoms. The Morgan fingerprint density at radius 1 is 1.06 bits per heavy atom. The summed E-state index contributed by atoms with van der Waals surface area (Å²) in [5, 5.41) is 2.75. The third kappa shape index (κ3) is 3.20. The van der Waals surface area contributed by atoms with Gasteiger partial charge in [0.25, 0.3) is 17.7 Å². The van der Waals surface area contributed by atoms with E-state index in [-0.39, 0.29) is 6.61 Å². The number of para-hydroxylation sites is 2. The van der Waals surface area contributed by atoms with Crippen LogP contribution in [0.5, 0.6) is 11.5 Å². The fourth-order valence-electron chi connectivity index (χ4n) is 4.28. The van der Waals surface area contributed by atoms with Gasteiger partial charge in [0.1, 0.15) is 18.7 Å². The Kier molecular flexibility index (Phi) is 4.69. The number of hydrogen-bond donors (Lipinski definition) is 3. The third-order valence-electron chi connectivity index (χ3n) is 5.85. The molecular formula is C22H20N4O6. The number of hydrogen-bond acceptors (Lipinski definition) is 6. The van der Waals surface area contributed by atoms with Crippen molar-refractivity contribution < 1.29 is 28.7 Å². The Hall–Kier alpha value is -4.08. The summed E-state index contributed by atoms with van der Waals surface area (Å²) < 4.78 is 11.1. The van der Waals surface area contributed by atoms with Crippen LogP contribution in [0.15, 0.2) is 48.5 Å². The van der Waals surface area contributed by atoms with Crippen LogP contribution in [0.25, 0.3) is 0 Å². The molecule has 10 nitrogen and oxygen atoms in total. The van der Waals surface area contributed by atoms with Crippen LogP contribution in [0, 0.1) is 0 Å². The Balaban J connectivity index is 1.19. The highest BCUT2D eigenvalue weighted by molar-refractivity contribution is 6.10. The molecule has 2 unspecified atom stereocenters. The number of benzene rings is 2. The van der Waals surface area contributed by atoms with Crippen molar-refractivity contribution >= 4 is 23.8 Å². The lowest BCUT2D eigenvalue weighted by Gasteiger charge is -2.25. The van der Waals surface area contributed by atoms with Crippen molar-refractivity contribution in [1.29, 1.82) is 0 Å². The molecule has 5 amide bonds. The number of rotatable bonds is 3. The van der Waals surface area contributed by atoms with E-state index < -0.39 is 41.9 Å². The quantitative estimate of drug-likeness (QED) is 0.471. The van der Waals surface area contributed by atoms with Gasteiger partial charge in [0.2, 0.25) is 6.10 Å². The summed E-state index contributed by atoms with van der Waals surface area (Å²) in [6, 6.07) is 13.7. The van der Waals surface area contributed by atoms with Crippen molar-refractivity contribution in [2.45, 2.75) is 24.5 Å². The number of carbonyl (C=O) groups is 4. The Labute approximate surface area is 182 Å². The zero-order valence-electron chi connectivity index (χ0n) is 16.9. The summed E-state index contributed by atoms with van der Waals surface area (Å²) in [7, 11) is 0. The monoisotopic (exact) mass is 436 g/mol. The number of hydrazine groups is 1. The zero-order chi connectivity index (χ0) is 22.3. The van der Waals surface area contributed by atoms with Crippen LogP contribution in [0.1, 0.15) is 17.5 Å². The molecule has 10 heteroatoms. The third-order valence-corrected chi connectivity index (χ3v) is 5.85. The average molecular weight is 436 g/mol. The molecule has 0 aromatic heterocycles. The molecule has 164 valence electrons. The average Bonchev–Trinajstić information content (AvgIpc) is 3.30. The zero-order valence-corrected chi connectivity index (χ0v) is 16.9. The smallest absolute Gasteiger partial charge is 0.325 e. The topological polar surface area (TPSA) is 126 Å². The first kappa shape index (κ1) is 19.9. The van der Waals surface area contributed by atoms with Crippen molar-refractivity contribution in [1.82, 2.24) is 21.1 Å². The molecule has 2 aliphatic heterocycles. The SMILES string of the molecule is O=C(CN1C(=O)NC2(CCc3ccccc32)C1=O)NNC(=O)C1COc2ccccc2O1. The van der Waals surface area contributed by atoms with Crippen LogP contribution in [0.3, 0.4) is 0 Å². The highest BCUT2D eigenvalue weighted by Gasteiger charge is 2.55. The summed E-state index contributed by atoms with van der Waals surface area (Å²) in [5.41, 5.74) is 5.08. The van der Waals surface area contributed by atoms with Crippen molar-refractivity contribution in [3.63, 3.8) is 0 Å². The molecule has 1 fully saturated rings. The normalized spacial score (nSPS) is 23.0. The molecule has 2 aromatic carbocycles. The largest absolute Gasteiger partial charge is 0.485 e. The second-order valence-electron chi connectivity index (χ2n) is 7.79. The van der Waals surface area contributed by atoms with E-state index in [0.29, 0.717) is 24.3 Å². The highest BCUT2D eigenvalue weighted by Crippen LogP contribution is 2.41. The highest BCUT2D eigenvalue weighted by atomic mass is 16.6. The van der Waals surface area contributed by atoms with Gasteiger partial charge in [0.05, 0.1) is 0 Å². The standard InChI is InChI=1S/C22H20N4O6/c27-18(24-25-19(28)17-12-31-15-7-3-4-8-16(15)32-17)11-26-20(29)22(23-21(26)30)10-9-13-5-1-2-6-14(13)22/h1-8,17H,9-12H2,(H,23,30)(H,24,27)(H,25,28). The molecule has 0 radical (unpaired) electrons. The van der Waals surface area contributed by atoms with Gasteiger partial charge in [-0.3, -0.25) is 30.1 Å². The Morgan fingerprint density at radius 3 is 2.66 bits per heavy atom. The molecule has 0 bridgehead atoms. The second-order valence-corrected chi connectivity index (χ2v) is 7.79. The molecule has 1 aliphatic carbocycles. The summed E-state index contributed by atoms with van der Waals surface area (Å²) in [4.78, 5) is 51.1. The fourth-order valence-corrected chi connectivity index (χ4v) is 4.28. The van der Waals surface area contributed by atoms with Gasteiger partial charge in [-0.05, 0) is 36.1 Å². The lowest BCUT2D eigenvalue weighted by Crippen LogP contribution is -2.53. The maximum Gasteiger partial charge on any atom is 0.325 e. The van der Waals surface area contributed by atoms with Crippen molar-refractivity contribution in [2.75, 3.05) is 13.2 Å². The summed E-state index contributed by atoms with van der Waals surface area (Å²) in [6.45, 7) is -0.548. The number of aryl methyl sites for hydroxylation is 1. The fraction of sp³-hybridized carbons (Fsp3) is 0.273. The number of nitrogens with one attached hydrogen (secondary N) is 3. The van der Waals surface area contributed by atoms with Gasteiger partial charge in [-0.1, -0.05) is 36.4 Å². The van der Waals surface area contributed by atoms with E-state index in [4.69, 9.17) is 9.47 Å². The first-order valence-electron chi connectivity index (χ1n) is 10.2. The van der Waals surface area contributed by atoms with Crippen LogP contribution in [0.2, 0.25) is 0 Å². The number of imide groups is 1. The van der Waals surface area contributed by atoms with Gasteiger partial charge in [0, 0.05) is 0 Å². The number of nitrogens with zero attached hydrogens (tertiary/aromatic N) is 1. The minimum absolute atomic E-state index is 0.0202. The minimum Gasteiger partial charge on any atom is -0.485 e. The van der Waals surface area contributed by atoms with Crippen LogP contribution in [0.4, 0.5) is 4.79 Å². The summed E-state index contributed by atoms with van der Waals surface area (Å²) in [5.74, 6) is -0.864. The van der Waals surface area contributed by atoms with Crippen LogP contribution >= 0.6 is 0 Å². The number of carbonyl (C=O) groups excluding carboxylic acids is 4. The van der Waals surface area contributed by atoms with E-state index in [0.717, 1.165) is 16.0 Å². The predicted octanol–water partition coefficient (Wildman–Crippen LogP) is 0.367. The molecule has 1 saturated heterocycles. The summed E-state index contributed by atoms with van der Waals surface area (Å²) >= 11 is 0. The maximum atomic E-state index is 13.1. The molecule has 0 saturated carbocycles.